The van der Waals surface area contributed by atoms with Crippen LogP contribution in [0.3, 0.4) is 0 Å². The van der Waals surface area contributed by atoms with Crippen LogP contribution in [0.1, 0.15) is 0 Å². The van der Waals surface area contributed by atoms with Crippen LogP contribution in [0.2, 0.25) is 0 Å². The molecule has 0 fully saturated rings. The van der Waals surface area contributed by atoms with E-state index in [4.69, 9.17) is 5.41 Å². The lowest BCUT2D eigenvalue weighted by Gasteiger charge is -1.94. The molecule has 0 saturated heterocycles. The van der Waals surface area contributed by atoms with Gasteiger partial charge in [-0.3, -0.25) is 5.41 Å². The number of nitrogens with zero attached hydrogens (tertiary/aromatic N) is 1. The molecule has 3 nitrogen and oxygen atoms in total. The van der Waals surface area contributed by atoms with Gasteiger partial charge in [-0.15, -0.1) is 0 Å². The summed E-state index contributed by atoms with van der Waals surface area (Å²) in [4.78, 5) is 3.30. The summed E-state index contributed by atoms with van der Waals surface area (Å²) in [7, 11) is 0. The molecule has 1 aliphatic heterocycles. The number of thioether (sulfide) groups is 1. The molecule has 7 heavy (non-hydrogen) atoms. The first-order chi connectivity index (χ1) is 3.29. The van der Waals surface area contributed by atoms with Crippen molar-refractivity contribution in [3.8, 4) is 0 Å². The molecule has 1 aliphatic rings. The molecule has 0 bridgehead atoms. The van der Waals surface area contributed by atoms with Crippen molar-refractivity contribution in [2.75, 3.05) is 5.75 Å². The second kappa shape index (κ2) is 1.54. The van der Waals surface area contributed by atoms with Gasteiger partial charge in [0.15, 0.2) is 5.17 Å². The molecule has 0 aliphatic carbocycles. The highest BCUT2D eigenvalue weighted by Gasteiger charge is 2.00. The average molecular weight is 115 g/mol. The fraction of sp³-hybridized carbons (Fsp3) is 0.333. The second-order valence-electron chi connectivity index (χ2n) is 1.10. The maximum atomic E-state index is 10.1. The Hall–Kier alpha value is -0.510. The Morgan fingerprint density at radius 2 is 2.57 bits per heavy atom. The van der Waals surface area contributed by atoms with E-state index < -0.39 is 0 Å². The maximum Gasteiger partial charge on any atom is 0.179 e. The molecule has 1 N–H and O–H groups in total. The van der Waals surface area contributed by atoms with Crippen LogP contribution in [-0.2, 0) is 0 Å². The summed E-state index contributed by atoms with van der Waals surface area (Å²) in [5, 5.41) is 17.0. The van der Waals surface area contributed by atoms with Gasteiger partial charge in [-0.05, 0) is 5.90 Å². The molecule has 1 rings (SSSR count). The van der Waals surface area contributed by atoms with E-state index in [0.717, 1.165) is 0 Å². The van der Waals surface area contributed by atoms with E-state index >= 15 is 0 Å². The van der Waals surface area contributed by atoms with Crippen molar-refractivity contribution in [3.05, 3.63) is 0 Å². The van der Waals surface area contributed by atoms with Gasteiger partial charge in [-0.1, -0.05) is 11.8 Å². The highest BCUT2D eigenvalue weighted by atomic mass is 32.2. The lowest BCUT2D eigenvalue weighted by molar-refractivity contribution is -0.214. The molecule has 0 aromatic heterocycles. The third-order valence-electron chi connectivity index (χ3n) is 0.559. The molecule has 38 valence electrons. The first-order valence-corrected chi connectivity index (χ1v) is 2.73. The van der Waals surface area contributed by atoms with E-state index in [9.17, 15) is 5.11 Å². The Bertz CT molecular complexity index is 131. The highest BCUT2D eigenvalue weighted by molar-refractivity contribution is 8.14. The zero-order valence-corrected chi connectivity index (χ0v) is 4.29. The Balaban J connectivity index is 2.67. The lowest BCUT2D eigenvalue weighted by atomic mass is 10.8. The Kier molecular flexibility index (Phi) is 1.02. The van der Waals surface area contributed by atoms with Gasteiger partial charge in [0.1, 0.15) is 0 Å². The maximum absolute atomic E-state index is 10.1. The molecular weight excluding hydrogens is 112 g/mol. The predicted molar refractivity (Wildman–Crippen MR) is 27.6 cm³/mol. The number of rotatable bonds is 0. The molecule has 0 aromatic rings. The topological polar surface area (TPSA) is 59.3 Å². The van der Waals surface area contributed by atoms with Crippen LogP contribution in [0, 0.1) is 5.41 Å². The van der Waals surface area contributed by atoms with Crippen LogP contribution in [0.25, 0.3) is 0 Å². The largest absolute Gasteiger partial charge is 0.861 e. The van der Waals surface area contributed by atoms with Crippen LogP contribution >= 0.6 is 11.8 Å². The molecule has 4 heteroatoms. The molecule has 0 spiro atoms. The summed E-state index contributed by atoms with van der Waals surface area (Å²) in [5.41, 5.74) is 0. The summed E-state index contributed by atoms with van der Waals surface area (Å²) in [5.74, 6) is 0.175. The normalized spacial score (nSPS) is 20.0. The van der Waals surface area contributed by atoms with E-state index in [0.29, 0.717) is 5.75 Å². The Morgan fingerprint density at radius 1 is 1.86 bits per heavy atom. The van der Waals surface area contributed by atoms with Crippen molar-refractivity contribution in [2.24, 2.45) is 4.99 Å². The molecule has 0 unspecified atom stereocenters. The highest BCUT2D eigenvalue weighted by Crippen LogP contribution is 2.08. The van der Waals surface area contributed by atoms with Crippen LogP contribution in [0.15, 0.2) is 4.99 Å². The van der Waals surface area contributed by atoms with Crippen LogP contribution in [0.4, 0.5) is 0 Å². The number of nitrogens with one attached hydrogen (secondary N) is 1. The Labute approximate surface area is 45.0 Å². The first kappa shape index (κ1) is 4.64. The second-order valence-corrected chi connectivity index (χ2v) is 2.06. The molecule has 0 atom stereocenters. The van der Waals surface area contributed by atoms with Crippen molar-refractivity contribution < 1.29 is 5.11 Å². The van der Waals surface area contributed by atoms with E-state index in [1.165, 1.54) is 11.8 Å². The predicted octanol–water partition coefficient (Wildman–Crippen LogP) is -0.573. The standard InChI is InChI=1S/C3H4N2OS/c4-3-5-2(6)1-7-3/h1H2,(H2,4,5,6)/p-1. The summed E-state index contributed by atoms with van der Waals surface area (Å²) < 4.78 is 0. The number of aliphatic imine (C=N–C) groups is 1. The SMILES string of the molecule is N=C1N=C([O-])CS1. The van der Waals surface area contributed by atoms with Gasteiger partial charge in [-0.25, -0.2) is 4.99 Å². The molecule has 0 aromatic carbocycles. The van der Waals surface area contributed by atoms with Gasteiger partial charge in [0.05, 0.1) is 0 Å². The quantitative estimate of drug-likeness (QED) is 0.459. The van der Waals surface area contributed by atoms with Crippen molar-refractivity contribution in [2.45, 2.75) is 0 Å². The molecule has 0 radical (unpaired) electrons. The van der Waals surface area contributed by atoms with E-state index in [2.05, 4.69) is 4.99 Å². The minimum Gasteiger partial charge on any atom is -0.861 e. The fourth-order valence-corrected chi connectivity index (χ4v) is 0.799. The summed E-state index contributed by atoms with van der Waals surface area (Å²) in [6.45, 7) is 0. The minimum atomic E-state index is -0.185. The molecule has 0 amide bonds. The van der Waals surface area contributed by atoms with Crippen molar-refractivity contribution >= 4 is 22.8 Å². The molecular formula is C3H3N2OS-. The number of hydrogen-bond donors (Lipinski definition) is 1. The zero-order valence-electron chi connectivity index (χ0n) is 3.47. The van der Waals surface area contributed by atoms with Crippen molar-refractivity contribution in [3.63, 3.8) is 0 Å². The third-order valence-corrected chi connectivity index (χ3v) is 1.31. The van der Waals surface area contributed by atoms with Crippen LogP contribution in [0.5, 0.6) is 0 Å². The summed E-state index contributed by atoms with van der Waals surface area (Å²) in [6, 6.07) is 0. The lowest BCUT2D eigenvalue weighted by Crippen LogP contribution is -2.16. The van der Waals surface area contributed by atoms with Gasteiger partial charge in [0, 0.05) is 5.75 Å². The minimum absolute atomic E-state index is 0.144. The third kappa shape index (κ3) is 0.928. The Morgan fingerprint density at radius 3 is 2.71 bits per heavy atom. The van der Waals surface area contributed by atoms with Crippen molar-refractivity contribution in [1.82, 2.24) is 0 Å². The molecule has 1 heterocycles. The van der Waals surface area contributed by atoms with E-state index in [1.807, 2.05) is 0 Å². The van der Waals surface area contributed by atoms with E-state index in [1.54, 1.807) is 0 Å². The van der Waals surface area contributed by atoms with Crippen LogP contribution < -0.4 is 5.11 Å². The summed E-state index contributed by atoms with van der Waals surface area (Å²) in [6.07, 6.45) is 0. The number of hydrogen-bond acceptors (Lipinski definition) is 3. The van der Waals surface area contributed by atoms with Gasteiger partial charge in [0.2, 0.25) is 0 Å². The zero-order chi connectivity index (χ0) is 5.28. The molecule has 0 saturated carbocycles. The number of amidine groups is 1. The van der Waals surface area contributed by atoms with Gasteiger partial charge in [-0.2, -0.15) is 0 Å². The van der Waals surface area contributed by atoms with Gasteiger partial charge < -0.3 is 5.11 Å². The van der Waals surface area contributed by atoms with Gasteiger partial charge in [0.25, 0.3) is 0 Å². The van der Waals surface area contributed by atoms with E-state index in [-0.39, 0.29) is 11.1 Å². The van der Waals surface area contributed by atoms with Crippen molar-refractivity contribution in [1.29, 1.82) is 5.41 Å². The first-order valence-electron chi connectivity index (χ1n) is 1.75. The summed E-state index contributed by atoms with van der Waals surface area (Å²) >= 11 is 1.17. The fourth-order valence-electron chi connectivity index (χ4n) is 0.308. The van der Waals surface area contributed by atoms with Crippen LogP contribution in [-0.4, -0.2) is 16.8 Å². The smallest absolute Gasteiger partial charge is 0.179 e. The average Bonchev–Trinajstić information content (AvgIpc) is 1.87. The van der Waals surface area contributed by atoms with Gasteiger partial charge >= 0.3 is 0 Å². The monoisotopic (exact) mass is 115 g/mol.